The van der Waals surface area contributed by atoms with Gasteiger partial charge in [-0.1, -0.05) is 91.2 Å². The van der Waals surface area contributed by atoms with E-state index in [0.29, 0.717) is 23.4 Å². The Hall–Kier alpha value is -4.50. The molecule has 0 aliphatic carbocycles. The standard InChI is InChI=1S/C37H42FN3O4S/c1-5-6-22-39-37(43)35(24-30-10-8-7-9-11-30)40(25-31-15-17-32(38)18-16-31)36(42)26-41(34-21-14-28(3)23-29(34)4)46(44,45)33-19-12-27(2)13-20-33/h7-21,23,35H,5-6,22,24-26H2,1-4H3,(H,39,43). The zero-order chi connectivity index (χ0) is 33.3. The first-order valence-electron chi connectivity index (χ1n) is 15.5. The number of halogens is 1. The van der Waals surface area contributed by atoms with Crippen LogP contribution in [0, 0.1) is 26.6 Å². The highest BCUT2D eigenvalue weighted by atomic mass is 32.2. The summed E-state index contributed by atoms with van der Waals surface area (Å²) in [4.78, 5) is 29.8. The van der Waals surface area contributed by atoms with Crippen LogP contribution in [0.25, 0.3) is 0 Å². The zero-order valence-corrected chi connectivity index (χ0v) is 27.7. The maximum atomic E-state index is 14.5. The number of rotatable bonds is 14. The molecule has 0 fully saturated rings. The highest BCUT2D eigenvalue weighted by molar-refractivity contribution is 7.92. The lowest BCUT2D eigenvalue weighted by atomic mass is 10.0. The van der Waals surface area contributed by atoms with Crippen molar-refractivity contribution in [1.29, 1.82) is 0 Å². The number of hydrogen-bond acceptors (Lipinski definition) is 4. The molecule has 4 rings (SSSR count). The third-order valence-corrected chi connectivity index (χ3v) is 9.65. The molecule has 0 saturated carbocycles. The molecule has 9 heteroatoms. The number of sulfonamides is 1. The number of carbonyl (C=O) groups excluding carboxylic acids is 2. The smallest absolute Gasteiger partial charge is 0.264 e. The molecule has 0 aliphatic heterocycles. The third-order valence-electron chi connectivity index (χ3n) is 7.88. The van der Waals surface area contributed by atoms with Crippen molar-refractivity contribution in [2.45, 2.75) is 64.4 Å². The molecule has 7 nitrogen and oxygen atoms in total. The van der Waals surface area contributed by atoms with E-state index in [0.717, 1.165) is 33.8 Å². The van der Waals surface area contributed by atoms with Crippen molar-refractivity contribution >= 4 is 27.5 Å². The maximum Gasteiger partial charge on any atom is 0.264 e. The van der Waals surface area contributed by atoms with Gasteiger partial charge in [-0.3, -0.25) is 13.9 Å². The molecule has 0 bridgehead atoms. The fourth-order valence-corrected chi connectivity index (χ4v) is 6.76. The predicted octanol–water partition coefficient (Wildman–Crippen LogP) is 6.50. The number of amides is 2. The van der Waals surface area contributed by atoms with Crippen molar-refractivity contribution in [2.75, 3.05) is 17.4 Å². The van der Waals surface area contributed by atoms with Gasteiger partial charge in [0.15, 0.2) is 0 Å². The summed E-state index contributed by atoms with van der Waals surface area (Å²) in [5.74, 6) is -1.33. The molecule has 4 aromatic rings. The number of aryl methyl sites for hydroxylation is 3. The SMILES string of the molecule is CCCCNC(=O)C(Cc1ccccc1)N(Cc1ccc(F)cc1)C(=O)CN(c1ccc(C)cc1C)S(=O)(=O)c1ccc(C)cc1. The molecule has 0 aromatic heterocycles. The summed E-state index contributed by atoms with van der Waals surface area (Å²) in [5, 5.41) is 2.97. The first-order valence-corrected chi connectivity index (χ1v) is 17.0. The topological polar surface area (TPSA) is 86.8 Å². The van der Waals surface area contributed by atoms with Crippen LogP contribution in [0.4, 0.5) is 10.1 Å². The zero-order valence-electron chi connectivity index (χ0n) is 26.9. The van der Waals surface area contributed by atoms with Crippen LogP contribution in [0.15, 0.2) is 102 Å². The Labute approximate surface area is 272 Å². The molecule has 1 N–H and O–H groups in total. The van der Waals surface area contributed by atoms with Crippen molar-refractivity contribution < 1.29 is 22.4 Å². The first-order chi connectivity index (χ1) is 22.0. The number of nitrogens with zero attached hydrogens (tertiary/aromatic N) is 2. The highest BCUT2D eigenvalue weighted by Gasteiger charge is 2.35. The lowest BCUT2D eigenvalue weighted by Crippen LogP contribution is -2.53. The van der Waals surface area contributed by atoms with Crippen molar-refractivity contribution in [2.24, 2.45) is 0 Å². The molecule has 2 amide bonds. The van der Waals surface area contributed by atoms with Gasteiger partial charge >= 0.3 is 0 Å². The average molecular weight is 644 g/mol. The van der Waals surface area contributed by atoms with Gasteiger partial charge in [-0.25, -0.2) is 12.8 Å². The Morgan fingerprint density at radius 3 is 2.11 bits per heavy atom. The van der Waals surface area contributed by atoms with Crippen LogP contribution in [-0.2, 0) is 32.6 Å². The Kier molecular flexibility index (Phi) is 11.7. The van der Waals surface area contributed by atoms with Gasteiger partial charge in [-0.05, 0) is 74.2 Å². The summed E-state index contributed by atoms with van der Waals surface area (Å²) in [6, 6.07) is 26.0. The van der Waals surface area contributed by atoms with Gasteiger partial charge in [0, 0.05) is 19.5 Å². The fraction of sp³-hybridized carbons (Fsp3) is 0.297. The first kappa shape index (κ1) is 34.4. The maximum absolute atomic E-state index is 14.5. The molecule has 242 valence electrons. The number of hydrogen-bond donors (Lipinski definition) is 1. The van der Waals surface area contributed by atoms with Gasteiger partial charge in [-0.15, -0.1) is 0 Å². The minimum absolute atomic E-state index is 0.0247. The van der Waals surface area contributed by atoms with E-state index >= 15 is 0 Å². The predicted molar refractivity (Wildman–Crippen MR) is 180 cm³/mol. The van der Waals surface area contributed by atoms with Crippen LogP contribution in [0.3, 0.4) is 0 Å². The monoisotopic (exact) mass is 643 g/mol. The summed E-state index contributed by atoms with van der Waals surface area (Å²) in [5.41, 5.74) is 4.35. The molecule has 0 aliphatic rings. The van der Waals surface area contributed by atoms with Crippen molar-refractivity contribution in [1.82, 2.24) is 10.2 Å². The lowest BCUT2D eigenvalue weighted by Gasteiger charge is -2.34. The molecule has 1 atom stereocenters. The van der Waals surface area contributed by atoms with Crippen LogP contribution < -0.4 is 9.62 Å². The molecular weight excluding hydrogens is 601 g/mol. The summed E-state index contributed by atoms with van der Waals surface area (Å²) in [6.45, 7) is 7.48. The quantitative estimate of drug-likeness (QED) is 0.159. The molecule has 0 heterocycles. The van der Waals surface area contributed by atoms with Crippen LogP contribution in [0.5, 0.6) is 0 Å². The van der Waals surface area contributed by atoms with Crippen molar-refractivity contribution in [3.05, 3.63) is 131 Å². The second-order valence-electron chi connectivity index (χ2n) is 11.6. The van der Waals surface area contributed by atoms with Gasteiger partial charge in [-0.2, -0.15) is 0 Å². The van der Waals surface area contributed by atoms with Gasteiger partial charge in [0.05, 0.1) is 10.6 Å². The minimum Gasteiger partial charge on any atom is -0.354 e. The Bertz CT molecular complexity index is 1730. The van der Waals surface area contributed by atoms with E-state index < -0.39 is 34.3 Å². The van der Waals surface area contributed by atoms with E-state index in [-0.39, 0.29) is 23.8 Å². The second-order valence-corrected chi connectivity index (χ2v) is 13.5. The molecular formula is C37H42FN3O4S. The highest BCUT2D eigenvalue weighted by Crippen LogP contribution is 2.29. The van der Waals surface area contributed by atoms with E-state index in [2.05, 4.69) is 5.32 Å². The Morgan fingerprint density at radius 1 is 0.826 bits per heavy atom. The average Bonchev–Trinajstić information content (AvgIpc) is 3.03. The second kappa shape index (κ2) is 15.7. The molecule has 0 spiro atoms. The Morgan fingerprint density at radius 2 is 1.48 bits per heavy atom. The minimum atomic E-state index is -4.20. The number of benzene rings is 4. The van der Waals surface area contributed by atoms with Crippen LogP contribution in [0.2, 0.25) is 0 Å². The molecule has 46 heavy (non-hydrogen) atoms. The van der Waals surface area contributed by atoms with E-state index in [1.54, 1.807) is 43.3 Å². The van der Waals surface area contributed by atoms with E-state index in [4.69, 9.17) is 0 Å². The fourth-order valence-electron chi connectivity index (χ4n) is 5.28. The summed E-state index contributed by atoms with van der Waals surface area (Å²) in [6.07, 6.45) is 1.86. The molecule has 1 unspecified atom stereocenters. The number of unbranched alkanes of at least 4 members (excludes halogenated alkanes) is 1. The van der Waals surface area contributed by atoms with Crippen LogP contribution in [-0.4, -0.2) is 44.3 Å². The van der Waals surface area contributed by atoms with Crippen molar-refractivity contribution in [3.8, 4) is 0 Å². The normalized spacial score (nSPS) is 11.9. The van der Waals surface area contributed by atoms with E-state index in [1.165, 1.54) is 29.2 Å². The molecule has 0 saturated heterocycles. The summed E-state index contributed by atoms with van der Waals surface area (Å²) in [7, 11) is -4.20. The van der Waals surface area contributed by atoms with Gasteiger partial charge in [0.25, 0.3) is 10.0 Å². The third kappa shape index (κ3) is 8.81. The van der Waals surface area contributed by atoms with E-state index in [1.807, 2.05) is 57.2 Å². The van der Waals surface area contributed by atoms with Crippen LogP contribution in [0.1, 0.15) is 47.6 Å². The summed E-state index contributed by atoms with van der Waals surface area (Å²) >= 11 is 0. The summed E-state index contributed by atoms with van der Waals surface area (Å²) < 4.78 is 43.5. The Balaban J connectivity index is 1.81. The largest absolute Gasteiger partial charge is 0.354 e. The van der Waals surface area contributed by atoms with Crippen LogP contribution >= 0.6 is 0 Å². The number of anilines is 1. The number of nitrogens with one attached hydrogen (secondary N) is 1. The van der Waals surface area contributed by atoms with Gasteiger partial charge in [0.2, 0.25) is 11.8 Å². The molecule has 4 aromatic carbocycles. The molecule has 0 radical (unpaired) electrons. The van der Waals surface area contributed by atoms with Gasteiger partial charge in [0.1, 0.15) is 18.4 Å². The van der Waals surface area contributed by atoms with Gasteiger partial charge < -0.3 is 10.2 Å². The lowest BCUT2D eigenvalue weighted by molar-refractivity contribution is -0.140. The van der Waals surface area contributed by atoms with E-state index in [9.17, 15) is 22.4 Å². The number of carbonyl (C=O) groups is 2. The van der Waals surface area contributed by atoms with Crippen molar-refractivity contribution in [3.63, 3.8) is 0 Å².